The van der Waals surface area contributed by atoms with Crippen molar-refractivity contribution in [2.45, 2.75) is 6.92 Å². The molecule has 5 nitrogen and oxygen atoms in total. The molecule has 0 unspecified atom stereocenters. The normalized spacial score (nSPS) is 9.64. The highest BCUT2D eigenvalue weighted by Crippen LogP contribution is 2.14. The van der Waals surface area contributed by atoms with Crippen LogP contribution in [0.25, 0.3) is 0 Å². The molecule has 0 aliphatic carbocycles. The third-order valence-electron chi connectivity index (χ3n) is 1.23. The van der Waals surface area contributed by atoms with E-state index < -0.39 is 5.91 Å². The first-order valence-corrected chi connectivity index (χ1v) is 3.10. The SMILES string of the molecule is CNc1oc(C(N)=O)nc1C. The molecule has 3 N–H and O–H groups in total. The summed E-state index contributed by atoms with van der Waals surface area (Å²) in [5.41, 5.74) is 5.55. The Hall–Kier alpha value is -1.52. The number of rotatable bonds is 2. The summed E-state index contributed by atoms with van der Waals surface area (Å²) in [6.45, 7) is 1.72. The van der Waals surface area contributed by atoms with Crippen LogP contribution in [0.4, 0.5) is 5.88 Å². The fourth-order valence-electron chi connectivity index (χ4n) is 0.734. The maximum Gasteiger partial charge on any atom is 0.304 e. The van der Waals surface area contributed by atoms with Gasteiger partial charge in [-0.2, -0.15) is 0 Å². The van der Waals surface area contributed by atoms with Crippen LogP contribution in [-0.4, -0.2) is 17.9 Å². The molecule has 1 amide bonds. The Labute approximate surface area is 63.6 Å². The fraction of sp³-hybridized carbons (Fsp3) is 0.333. The molecule has 1 rings (SSSR count). The number of primary amides is 1. The first-order valence-electron chi connectivity index (χ1n) is 3.10. The molecule has 1 aromatic rings. The molecule has 1 aromatic heterocycles. The summed E-state index contributed by atoms with van der Waals surface area (Å²) in [5, 5.41) is 2.73. The van der Waals surface area contributed by atoms with Crippen molar-refractivity contribution in [3.05, 3.63) is 11.6 Å². The Balaban J connectivity index is 3.05. The van der Waals surface area contributed by atoms with Gasteiger partial charge in [0.1, 0.15) is 5.69 Å². The third kappa shape index (κ3) is 1.31. The molecule has 0 bridgehead atoms. The molecule has 0 radical (unpaired) electrons. The van der Waals surface area contributed by atoms with Crippen LogP contribution < -0.4 is 11.1 Å². The van der Waals surface area contributed by atoms with Crippen molar-refractivity contribution in [2.24, 2.45) is 5.73 Å². The zero-order valence-electron chi connectivity index (χ0n) is 6.34. The number of anilines is 1. The van der Waals surface area contributed by atoms with E-state index in [4.69, 9.17) is 10.2 Å². The topological polar surface area (TPSA) is 81.1 Å². The van der Waals surface area contributed by atoms with Gasteiger partial charge >= 0.3 is 5.91 Å². The first kappa shape index (κ1) is 7.59. The van der Waals surface area contributed by atoms with Gasteiger partial charge in [-0.05, 0) is 6.92 Å². The molecular weight excluding hydrogens is 146 g/mol. The van der Waals surface area contributed by atoms with Gasteiger partial charge < -0.3 is 15.5 Å². The van der Waals surface area contributed by atoms with Gasteiger partial charge in [0.25, 0.3) is 5.89 Å². The van der Waals surface area contributed by atoms with Crippen molar-refractivity contribution in [1.29, 1.82) is 0 Å². The number of hydrogen-bond donors (Lipinski definition) is 2. The van der Waals surface area contributed by atoms with Crippen LogP contribution in [0.5, 0.6) is 0 Å². The fourth-order valence-corrected chi connectivity index (χ4v) is 0.734. The zero-order valence-corrected chi connectivity index (χ0v) is 6.34. The minimum absolute atomic E-state index is 0.0631. The number of hydrogen-bond acceptors (Lipinski definition) is 4. The van der Waals surface area contributed by atoms with Gasteiger partial charge in [-0.1, -0.05) is 0 Å². The Morgan fingerprint density at radius 3 is 2.64 bits per heavy atom. The van der Waals surface area contributed by atoms with Gasteiger partial charge in [-0.15, -0.1) is 0 Å². The largest absolute Gasteiger partial charge is 0.416 e. The van der Waals surface area contributed by atoms with E-state index >= 15 is 0 Å². The van der Waals surface area contributed by atoms with Crippen LogP contribution >= 0.6 is 0 Å². The number of oxazole rings is 1. The van der Waals surface area contributed by atoms with E-state index in [1.807, 2.05) is 0 Å². The van der Waals surface area contributed by atoms with Crippen molar-refractivity contribution in [3.8, 4) is 0 Å². The lowest BCUT2D eigenvalue weighted by Gasteiger charge is -1.90. The standard InChI is InChI=1S/C6H9N3O2/c1-3-5(8-2)11-6(9-3)4(7)10/h8H,1-2H3,(H2,7,10). The number of nitrogens with zero attached hydrogens (tertiary/aromatic N) is 1. The number of aromatic nitrogens is 1. The predicted octanol–water partition coefficient (Wildman–Crippen LogP) is 0.124. The predicted molar refractivity (Wildman–Crippen MR) is 39.3 cm³/mol. The highest BCUT2D eigenvalue weighted by Gasteiger charge is 2.11. The summed E-state index contributed by atoms with van der Waals surface area (Å²) in [5.74, 6) is -0.250. The van der Waals surface area contributed by atoms with E-state index in [1.165, 1.54) is 0 Å². The average molecular weight is 155 g/mol. The van der Waals surface area contributed by atoms with Gasteiger partial charge in [-0.3, -0.25) is 4.79 Å². The van der Waals surface area contributed by atoms with E-state index in [9.17, 15) is 4.79 Å². The van der Waals surface area contributed by atoms with E-state index in [-0.39, 0.29) is 5.89 Å². The van der Waals surface area contributed by atoms with Crippen LogP contribution in [0.3, 0.4) is 0 Å². The van der Waals surface area contributed by atoms with Crippen molar-refractivity contribution in [2.75, 3.05) is 12.4 Å². The molecule has 0 atom stereocenters. The Morgan fingerprint density at radius 1 is 1.73 bits per heavy atom. The van der Waals surface area contributed by atoms with Crippen molar-refractivity contribution >= 4 is 11.8 Å². The van der Waals surface area contributed by atoms with Crippen LogP contribution in [0.15, 0.2) is 4.42 Å². The summed E-state index contributed by atoms with van der Waals surface area (Å²) < 4.78 is 4.93. The maximum atomic E-state index is 10.5. The lowest BCUT2D eigenvalue weighted by molar-refractivity contribution is 0.0968. The van der Waals surface area contributed by atoms with Gasteiger partial charge in [0, 0.05) is 7.05 Å². The number of amides is 1. The molecule has 0 saturated heterocycles. The summed E-state index contributed by atoms with van der Waals surface area (Å²) in [6, 6.07) is 0. The minimum atomic E-state index is -0.658. The van der Waals surface area contributed by atoms with Gasteiger partial charge in [0.2, 0.25) is 5.88 Å². The highest BCUT2D eigenvalue weighted by molar-refractivity contribution is 5.88. The summed E-state index contributed by atoms with van der Waals surface area (Å²) in [7, 11) is 1.68. The van der Waals surface area contributed by atoms with Crippen LogP contribution in [0, 0.1) is 6.92 Å². The smallest absolute Gasteiger partial charge is 0.304 e. The second-order valence-corrected chi connectivity index (χ2v) is 2.05. The molecule has 0 saturated carbocycles. The number of nitrogens with one attached hydrogen (secondary N) is 1. The third-order valence-corrected chi connectivity index (χ3v) is 1.23. The summed E-state index contributed by atoms with van der Waals surface area (Å²) in [6.07, 6.45) is 0. The second-order valence-electron chi connectivity index (χ2n) is 2.05. The quantitative estimate of drug-likeness (QED) is 0.635. The average Bonchev–Trinajstić information content (AvgIpc) is 2.31. The second kappa shape index (κ2) is 2.61. The summed E-state index contributed by atoms with van der Waals surface area (Å²) in [4.78, 5) is 14.3. The lowest BCUT2D eigenvalue weighted by atomic mass is 10.5. The van der Waals surface area contributed by atoms with Crippen LogP contribution in [0.1, 0.15) is 16.4 Å². The van der Waals surface area contributed by atoms with Gasteiger partial charge in [-0.25, -0.2) is 4.98 Å². The number of nitrogens with two attached hydrogens (primary N) is 1. The minimum Gasteiger partial charge on any atom is -0.416 e. The molecule has 60 valence electrons. The zero-order chi connectivity index (χ0) is 8.43. The number of carbonyl (C=O) groups excluding carboxylic acids is 1. The molecule has 0 aromatic carbocycles. The maximum absolute atomic E-state index is 10.5. The van der Waals surface area contributed by atoms with E-state index in [0.717, 1.165) is 0 Å². The molecule has 0 spiro atoms. The molecular formula is C6H9N3O2. The molecule has 1 heterocycles. The van der Waals surface area contributed by atoms with E-state index in [0.29, 0.717) is 11.6 Å². The number of aryl methyl sites for hydroxylation is 1. The summed E-state index contributed by atoms with van der Waals surface area (Å²) >= 11 is 0. The molecule has 0 aliphatic heterocycles. The van der Waals surface area contributed by atoms with E-state index in [1.54, 1.807) is 14.0 Å². The monoisotopic (exact) mass is 155 g/mol. The Morgan fingerprint density at radius 2 is 2.36 bits per heavy atom. The lowest BCUT2D eigenvalue weighted by Crippen LogP contribution is -2.10. The van der Waals surface area contributed by atoms with Crippen molar-refractivity contribution < 1.29 is 9.21 Å². The molecule has 0 fully saturated rings. The number of carbonyl (C=O) groups is 1. The van der Waals surface area contributed by atoms with Crippen molar-refractivity contribution in [1.82, 2.24) is 4.98 Å². The van der Waals surface area contributed by atoms with Crippen LogP contribution in [-0.2, 0) is 0 Å². The Bertz CT molecular complexity index is 279. The van der Waals surface area contributed by atoms with Crippen LogP contribution in [0.2, 0.25) is 0 Å². The molecule has 5 heteroatoms. The molecule has 0 aliphatic rings. The first-order chi connectivity index (χ1) is 5.15. The Kier molecular flexibility index (Phi) is 1.80. The van der Waals surface area contributed by atoms with Crippen molar-refractivity contribution in [3.63, 3.8) is 0 Å². The van der Waals surface area contributed by atoms with Gasteiger partial charge in [0.15, 0.2) is 0 Å². The van der Waals surface area contributed by atoms with Gasteiger partial charge in [0.05, 0.1) is 0 Å². The van der Waals surface area contributed by atoms with E-state index in [2.05, 4.69) is 10.3 Å². The highest BCUT2D eigenvalue weighted by atomic mass is 16.4. The molecule has 11 heavy (non-hydrogen) atoms.